The number of ether oxygens (including phenoxy) is 1. The largest absolute Gasteiger partial charge is 0.487 e. The van der Waals surface area contributed by atoms with E-state index >= 15 is 0 Å². The van der Waals surface area contributed by atoms with E-state index in [9.17, 15) is 0 Å². The van der Waals surface area contributed by atoms with Crippen molar-refractivity contribution in [1.29, 1.82) is 0 Å². The molecule has 0 unspecified atom stereocenters. The molecule has 3 nitrogen and oxygen atoms in total. The van der Waals surface area contributed by atoms with Crippen LogP contribution >= 0.6 is 15.9 Å². The number of hydrogen-bond donors (Lipinski definition) is 0. The summed E-state index contributed by atoms with van der Waals surface area (Å²) in [7, 11) is 0. The zero-order chi connectivity index (χ0) is 13.9. The molecule has 106 valence electrons. The van der Waals surface area contributed by atoms with E-state index in [-0.39, 0.29) is 0 Å². The van der Waals surface area contributed by atoms with Crippen LogP contribution in [0.1, 0.15) is 43.0 Å². The number of halogens is 1. The fourth-order valence-electron chi connectivity index (χ4n) is 2.75. The highest BCUT2D eigenvalue weighted by molar-refractivity contribution is 9.10. The summed E-state index contributed by atoms with van der Waals surface area (Å²) >= 11 is 3.46. The van der Waals surface area contributed by atoms with Crippen molar-refractivity contribution < 1.29 is 4.74 Å². The molecule has 4 heteroatoms. The lowest BCUT2D eigenvalue weighted by molar-refractivity contribution is 0.296. The Kier molecular flexibility index (Phi) is 4.10. The van der Waals surface area contributed by atoms with Crippen LogP contribution in [-0.2, 0) is 6.61 Å². The number of hydrogen-bond acceptors (Lipinski definition) is 2. The average molecular weight is 335 g/mol. The van der Waals surface area contributed by atoms with Gasteiger partial charge in [0.1, 0.15) is 12.4 Å². The van der Waals surface area contributed by atoms with Crippen LogP contribution in [0, 0.1) is 6.92 Å². The molecule has 0 saturated heterocycles. The Morgan fingerprint density at radius 1 is 1.30 bits per heavy atom. The highest BCUT2D eigenvalue weighted by Gasteiger charge is 2.17. The Labute approximate surface area is 128 Å². The first-order valence-electron chi connectivity index (χ1n) is 7.15. The number of nitrogens with zero attached hydrogens (tertiary/aromatic N) is 2. The van der Waals surface area contributed by atoms with Gasteiger partial charge in [-0.2, -0.15) is 5.10 Å². The molecule has 3 rings (SSSR count). The molecule has 0 N–H and O–H groups in total. The van der Waals surface area contributed by atoms with Crippen LogP contribution in [0.5, 0.6) is 5.75 Å². The summed E-state index contributed by atoms with van der Waals surface area (Å²) in [6.45, 7) is 2.58. The van der Waals surface area contributed by atoms with Crippen molar-refractivity contribution in [3.63, 3.8) is 0 Å². The summed E-state index contributed by atoms with van der Waals surface area (Å²) in [6.07, 6.45) is 7.26. The average Bonchev–Trinajstić information content (AvgIpc) is 3.08. The van der Waals surface area contributed by atoms with Crippen molar-refractivity contribution >= 4 is 15.9 Å². The monoisotopic (exact) mass is 334 g/mol. The fourth-order valence-corrected chi connectivity index (χ4v) is 3.23. The van der Waals surface area contributed by atoms with Gasteiger partial charge in [-0.15, -0.1) is 0 Å². The van der Waals surface area contributed by atoms with Crippen molar-refractivity contribution in [1.82, 2.24) is 9.78 Å². The predicted octanol–water partition coefficient (Wildman–Crippen LogP) is 4.65. The number of benzene rings is 1. The highest BCUT2D eigenvalue weighted by atomic mass is 79.9. The minimum absolute atomic E-state index is 0.530. The van der Waals surface area contributed by atoms with Crippen LogP contribution in [0.4, 0.5) is 0 Å². The van der Waals surface area contributed by atoms with E-state index in [0.29, 0.717) is 12.6 Å². The molecule has 1 aliphatic carbocycles. The summed E-state index contributed by atoms with van der Waals surface area (Å²) < 4.78 is 9.05. The maximum atomic E-state index is 5.86. The lowest BCUT2D eigenvalue weighted by Gasteiger charge is -2.10. The molecule has 1 heterocycles. The third-order valence-corrected chi connectivity index (χ3v) is 4.37. The molecule has 0 amide bonds. The van der Waals surface area contributed by atoms with Gasteiger partial charge in [0, 0.05) is 10.7 Å². The Balaban J connectivity index is 1.63. The molecule has 20 heavy (non-hydrogen) atoms. The van der Waals surface area contributed by atoms with E-state index in [2.05, 4.69) is 51.0 Å². The van der Waals surface area contributed by atoms with E-state index in [4.69, 9.17) is 4.74 Å². The second kappa shape index (κ2) is 6.00. The normalized spacial score (nSPS) is 15.7. The van der Waals surface area contributed by atoms with Crippen LogP contribution in [0.3, 0.4) is 0 Å². The van der Waals surface area contributed by atoms with Gasteiger partial charge in [-0.1, -0.05) is 28.8 Å². The summed E-state index contributed by atoms with van der Waals surface area (Å²) in [5, 5.41) is 4.64. The molecule has 0 spiro atoms. The molecule has 0 bridgehead atoms. The molecule has 0 aliphatic heterocycles. The molecule has 1 aromatic heterocycles. The predicted molar refractivity (Wildman–Crippen MR) is 82.9 cm³/mol. The quantitative estimate of drug-likeness (QED) is 0.813. The smallest absolute Gasteiger partial charge is 0.132 e. The van der Waals surface area contributed by atoms with Crippen LogP contribution < -0.4 is 4.74 Å². The van der Waals surface area contributed by atoms with Crippen molar-refractivity contribution in [2.75, 3.05) is 0 Å². The molecule has 1 fully saturated rings. The molecule has 0 radical (unpaired) electrons. The van der Waals surface area contributed by atoms with E-state index in [0.717, 1.165) is 21.5 Å². The van der Waals surface area contributed by atoms with Crippen molar-refractivity contribution in [2.24, 2.45) is 0 Å². The number of rotatable bonds is 4. The summed E-state index contributed by atoms with van der Waals surface area (Å²) in [4.78, 5) is 0. The molecular weight excluding hydrogens is 316 g/mol. The summed E-state index contributed by atoms with van der Waals surface area (Å²) in [5.74, 6) is 0.920. The Hall–Kier alpha value is -1.29. The minimum atomic E-state index is 0.530. The summed E-state index contributed by atoms with van der Waals surface area (Å²) in [6, 6.07) is 8.71. The van der Waals surface area contributed by atoms with Crippen molar-refractivity contribution in [3.8, 4) is 5.75 Å². The van der Waals surface area contributed by atoms with Crippen molar-refractivity contribution in [2.45, 2.75) is 45.3 Å². The van der Waals surface area contributed by atoms with Crippen LogP contribution in [-0.4, -0.2) is 9.78 Å². The van der Waals surface area contributed by atoms with E-state index in [1.165, 1.54) is 25.7 Å². The first kappa shape index (κ1) is 13.7. The lowest BCUT2D eigenvalue weighted by Crippen LogP contribution is -2.06. The molecule has 0 atom stereocenters. The second-order valence-corrected chi connectivity index (χ2v) is 6.34. The highest BCUT2D eigenvalue weighted by Crippen LogP contribution is 2.29. The molecule has 1 saturated carbocycles. The van der Waals surface area contributed by atoms with Gasteiger partial charge in [0.2, 0.25) is 0 Å². The van der Waals surface area contributed by atoms with Crippen molar-refractivity contribution in [3.05, 3.63) is 46.2 Å². The second-order valence-electron chi connectivity index (χ2n) is 5.42. The molecule has 1 aliphatic rings. The van der Waals surface area contributed by atoms with Gasteiger partial charge in [-0.05, 0) is 49.6 Å². The van der Waals surface area contributed by atoms with Gasteiger partial charge < -0.3 is 4.74 Å². The molecule has 1 aromatic carbocycles. The third-order valence-electron chi connectivity index (χ3n) is 3.87. The maximum absolute atomic E-state index is 5.86. The van der Waals surface area contributed by atoms with Crippen LogP contribution in [0.15, 0.2) is 34.9 Å². The molecule has 2 aromatic rings. The van der Waals surface area contributed by atoms with E-state index in [1.807, 2.05) is 12.1 Å². The summed E-state index contributed by atoms with van der Waals surface area (Å²) in [5.41, 5.74) is 2.13. The van der Waals surface area contributed by atoms with Gasteiger partial charge >= 0.3 is 0 Å². The van der Waals surface area contributed by atoms with Gasteiger partial charge in [0.05, 0.1) is 11.7 Å². The first-order valence-corrected chi connectivity index (χ1v) is 7.94. The van der Waals surface area contributed by atoms with Crippen LogP contribution in [0.25, 0.3) is 0 Å². The van der Waals surface area contributed by atoms with Gasteiger partial charge in [-0.25, -0.2) is 0 Å². The van der Waals surface area contributed by atoms with E-state index in [1.54, 1.807) is 0 Å². The fraction of sp³-hybridized carbons (Fsp3) is 0.438. The maximum Gasteiger partial charge on any atom is 0.132 e. The Morgan fingerprint density at radius 2 is 2.10 bits per heavy atom. The molecular formula is C16H19BrN2O. The minimum Gasteiger partial charge on any atom is -0.487 e. The van der Waals surface area contributed by atoms with Gasteiger partial charge in [-0.3, -0.25) is 4.68 Å². The topological polar surface area (TPSA) is 27.1 Å². The first-order chi connectivity index (χ1) is 9.72. The number of aromatic nitrogens is 2. The number of aryl methyl sites for hydroxylation is 1. The standard InChI is InChI=1S/C16H19BrN2O/c1-12-10-13(17)6-7-16(12)20-11-14-8-9-19(18-14)15-4-2-3-5-15/h6-10,15H,2-5,11H2,1H3. The third kappa shape index (κ3) is 3.06. The van der Waals surface area contributed by atoms with E-state index < -0.39 is 0 Å². The zero-order valence-electron chi connectivity index (χ0n) is 11.7. The lowest BCUT2D eigenvalue weighted by atomic mass is 10.2. The Bertz CT molecular complexity index is 588. The Morgan fingerprint density at radius 3 is 2.85 bits per heavy atom. The van der Waals surface area contributed by atoms with Crippen LogP contribution in [0.2, 0.25) is 0 Å². The van der Waals surface area contributed by atoms with Gasteiger partial charge in [0.15, 0.2) is 0 Å². The SMILES string of the molecule is Cc1cc(Br)ccc1OCc1ccn(C2CCCC2)n1. The van der Waals surface area contributed by atoms with Gasteiger partial charge in [0.25, 0.3) is 0 Å². The zero-order valence-corrected chi connectivity index (χ0v) is 13.3.